The van der Waals surface area contributed by atoms with Gasteiger partial charge in [0.15, 0.2) is 0 Å². The van der Waals surface area contributed by atoms with E-state index in [9.17, 15) is 4.79 Å². The van der Waals surface area contributed by atoms with Crippen molar-refractivity contribution in [1.29, 1.82) is 0 Å². The first-order chi connectivity index (χ1) is 14.6. The van der Waals surface area contributed by atoms with Gasteiger partial charge in [0.1, 0.15) is 17.2 Å². The normalized spacial score (nSPS) is 11.5. The molecule has 0 aromatic heterocycles. The molecule has 0 unspecified atom stereocenters. The first-order valence-electron chi connectivity index (χ1n) is 10.9. The van der Waals surface area contributed by atoms with Crippen molar-refractivity contribution < 1.29 is 19.0 Å². The van der Waals surface area contributed by atoms with Gasteiger partial charge in [-0.1, -0.05) is 26.3 Å². The van der Waals surface area contributed by atoms with Crippen LogP contribution in [0.2, 0.25) is 0 Å². The minimum atomic E-state index is -0.394. The van der Waals surface area contributed by atoms with E-state index in [4.69, 9.17) is 14.2 Å². The van der Waals surface area contributed by atoms with Crippen molar-refractivity contribution >= 4 is 5.97 Å². The Morgan fingerprint density at radius 3 is 2.07 bits per heavy atom. The van der Waals surface area contributed by atoms with E-state index in [2.05, 4.69) is 20.4 Å². The van der Waals surface area contributed by atoms with Crippen molar-refractivity contribution in [2.24, 2.45) is 5.92 Å². The molecule has 0 aliphatic carbocycles. The molecule has 0 spiro atoms. The molecule has 162 valence electrons. The van der Waals surface area contributed by atoms with Crippen LogP contribution in [0.5, 0.6) is 17.2 Å². The minimum absolute atomic E-state index is 0.394. The van der Waals surface area contributed by atoms with Gasteiger partial charge in [0.2, 0.25) is 0 Å². The van der Waals surface area contributed by atoms with Crippen LogP contribution in [0.25, 0.3) is 0 Å². The lowest BCUT2D eigenvalue weighted by Crippen LogP contribution is -2.08. The first-order valence-corrected chi connectivity index (χ1v) is 10.9. The molecule has 30 heavy (non-hydrogen) atoms. The van der Waals surface area contributed by atoms with Crippen LogP contribution in [0.1, 0.15) is 62.7 Å². The predicted octanol–water partition coefficient (Wildman–Crippen LogP) is 6.85. The molecule has 4 heteroatoms. The zero-order chi connectivity index (χ0) is 21.6. The molecule has 4 nitrogen and oxygen atoms in total. The Balaban J connectivity index is 1.75. The fourth-order valence-electron chi connectivity index (χ4n) is 2.86. The summed E-state index contributed by atoms with van der Waals surface area (Å²) >= 11 is 0. The lowest BCUT2D eigenvalue weighted by atomic mass is 10.0. The van der Waals surface area contributed by atoms with Gasteiger partial charge in [0, 0.05) is 0 Å². The number of carbonyl (C=O) groups excluding carboxylic acids is 1. The molecule has 0 saturated heterocycles. The Morgan fingerprint density at radius 1 is 0.900 bits per heavy atom. The second-order valence-corrected chi connectivity index (χ2v) is 7.52. The summed E-state index contributed by atoms with van der Waals surface area (Å²) < 4.78 is 16.9. The number of allylic oxidation sites excluding steroid dienone is 1. The SMILES string of the molecule is C=CCCCCOc1ccc(C(=O)Oc2ccc(OCCC[C@@H](C)CC)cc2)cc1. The molecule has 0 saturated carbocycles. The van der Waals surface area contributed by atoms with Crippen LogP contribution in [0.3, 0.4) is 0 Å². The van der Waals surface area contributed by atoms with Gasteiger partial charge < -0.3 is 14.2 Å². The van der Waals surface area contributed by atoms with Crippen LogP contribution in [0, 0.1) is 5.92 Å². The summed E-state index contributed by atoms with van der Waals surface area (Å²) in [6, 6.07) is 14.2. The van der Waals surface area contributed by atoms with Gasteiger partial charge in [0.05, 0.1) is 18.8 Å². The summed E-state index contributed by atoms with van der Waals surface area (Å²) in [6.45, 7) is 9.53. The Kier molecular flexibility index (Phi) is 10.6. The fourth-order valence-corrected chi connectivity index (χ4v) is 2.86. The van der Waals surface area contributed by atoms with E-state index in [1.54, 1.807) is 36.4 Å². The zero-order valence-corrected chi connectivity index (χ0v) is 18.3. The third-order valence-corrected chi connectivity index (χ3v) is 5.00. The van der Waals surface area contributed by atoms with Crippen LogP contribution in [-0.4, -0.2) is 19.2 Å². The quantitative estimate of drug-likeness (QED) is 0.148. The molecule has 2 aromatic rings. The second-order valence-electron chi connectivity index (χ2n) is 7.52. The van der Waals surface area contributed by atoms with E-state index in [1.165, 1.54) is 12.8 Å². The Morgan fingerprint density at radius 2 is 1.47 bits per heavy atom. The topological polar surface area (TPSA) is 44.8 Å². The number of carbonyl (C=O) groups is 1. The molecule has 0 aliphatic heterocycles. The van der Waals surface area contributed by atoms with E-state index >= 15 is 0 Å². The summed E-state index contributed by atoms with van der Waals surface area (Å²) in [5.41, 5.74) is 0.486. The highest BCUT2D eigenvalue weighted by atomic mass is 16.5. The maximum Gasteiger partial charge on any atom is 0.343 e. The Bertz CT molecular complexity index is 750. The van der Waals surface area contributed by atoms with Crippen molar-refractivity contribution in [3.8, 4) is 17.2 Å². The van der Waals surface area contributed by atoms with Gasteiger partial charge in [-0.05, 0) is 86.6 Å². The number of hydrogen-bond donors (Lipinski definition) is 0. The molecule has 0 bridgehead atoms. The van der Waals surface area contributed by atoms with Crippen LogP contribution in [0.4, 0.5) is 0 Å². The number of rotatable bonds is 14. The largest absolute Gasteiger partial charge is 0.494 e. The van der Waals surface area contributed by atoms with Crippen molar-refractivity contribution in [2.75, 3.05) is 13.2 Å². The highest BCUT2D eigenvalue weighted by molar-refractivity contribution is 5.91. The van der Waals surface area contributed by atoms with Crippen LogP contribution in [0.15, 0.2) is 61.2 Å². The lowest BCUT2D eigenvalue weighted by molar-refractivity contribution is 0.0734. The van der Waals surface area contributed by atoms with Crippen molar-refractivity contribution in [2.45, 2.75) is 52.4 Å². The zero-order valence-electron chi connectivity index (χ0n) is 18.3. The maximum absolute atomic E-state index is 12.3. The molecular weight excluding hydrogens is 376 g/mol. The number of ether oxygens (including phenoxy) is 3. The van der Waals surface area contributed by atoms with E-state index in [0.717, 1.165) is 43.1 Å². The smallest absolute Gasteiger partial charge is 0.343 e. The van der Waals surface area contributed by atoms with Gasteiger partial charge >= 0.3 is 5.97 Å². The number of hydrogen-bond acceptors (Lipinski definition) is 4. The summed E-state index contributed by atoms with van der Waals surface area (Å²) in [7, 11) is 0. The summed E-state index contributed by atoms with van der Waals surface area (Å²) in [4.78, 5) is 12.3. The summed E-state index contributed by atoms with van der Waals surface area (Å²) in [5.74, 6) is 2.37. The molecule has 0 amide bonds. The third kappa shape index (κ3) is 8.73. The number of unbranched alkanes of at least 4 members (excludes halogenated alkanes) is 2. The Labute approximate surface area is 180 Å². The standard InChI is InChI=1S/C26H34O4/c1-4-6-7-8-19-28-23-13-11-22(12-14-23)26(27)30-25-17-15-24(16-18-25)29-20-9-10-21(3)5-2/h4,11-18,21H,1,5-10,19-20H2,2-3H3/t21-/m0/s1. The predicted molar refractivity (Wildman–Crippen MR) is 122 cm³/mol. The molecule has 0 fully saturated rings. The molecule has 0 N–H and O–H groups in total. The van der Waals surface area contributed by atoms with Crippen LogP contribution < -0.4 is 14.2 Å². The molecular formula is C26H34O4. The van der Waals surface area contributed by atoms with Gasteiger partial charge in [0.25, 0.3) is 0 Å². The highest BCUT2D eigenvalue weighted by Gasteiger charge is 2.09. The molecule has 2 aromatic carbocycles. The first kappa shape index (κ1) is 23.5. The highest BCUT2D eigenvalue weighted by Crippen LogP contribution is 2.20. The van der Waals surface area contributed by atoms with E-state index in [1.807, 2.05) is 18.2 Å². The molecule has 2 rings (SSSR count). The monoisotopic (exact) mass is 410 g/mol. The average molecular weight is 411 g/mol. The maximum atomic E-state index is 12.3. The molecule has 1 atom stereocenters. The average Bonchev–Trinajstić information content (AvgIpc) is 2.78. The second kappa shape index (κ2) is 13.5. The Hall–Kier alpha value is -2.75. The third-order valence-electron chi connectivity index (χ3n) is 5.00. The fraction of sp³-hybridized carbons (Fsp3) is 0.423. The van der Waals surface area contributed by atoms with Crippen LogP contribution >= 0.6 is 0 Å². The van der Waals surface area contributed by atoms with Gasteiger partial charge in [-0.25, -0.2) is 4.79 Å². The molecule has 0 aliphatic rings. The number of esters is 1. The van der Waals surface area contributed by atoms with Gasteiger partial charge in [-0.3, -0.25) is 0 Å². The lowest BCUT2D eigenvalue weighted by Gasteiger charge is -2.10. The number of benzene rings is 2. The van der Waals surface area contributed by atoms with E-state index in [0.29, 0.717) is 24.5 Å². The summed E-state index contributed by atoms with van der Waals surface area (Å²) in [5, 5.41) is 0. The minimum Gasteiger partial charge on any atom is -0.494 e. The summed E-state index contributed by atoms with van der Waals surface area (Å²) in [6.07, 6.45) is 8.37. The van der Waals surface area contributed by atoms with E-state index in [-0.39, 0.29) is 0 Å². The molecule has 0 radical (unpaired) electrons. The van der Waals surface area contributed by atoms with Gasteiger partial charge in [-0.2, -0.15) is 0 Å². The van der Waals surface area contributed by atoms with Gasteiger partial charge in [-0.15, -0.1) is 6.58 Å². The van der Waals surface area contributed by atoms with Crippen molar-refractivity contribution in [3.05, 3.63) is 66.7 Å². The van der Waals surface area contributed by atoms with Crippen molar-refractivity contribution in [3.63, 3.8) is 0 Å². The van der Waals surface area contributed by atoms with E-state index < -0.39 is 5.97 Å². The molecule has 0 heterocycles. The van der Waals surface area contributed by atoms with Crippen molar-refractivity contribution in [1.82, 2.24) is 0 Å². The van der Waals surface area contributed by atoms with Crippen LogP contribution in [-0.2, 0) is 0 Å².